The Morgan fingerprint density at radius 3 is 2.30 bits per heavy atom. The molecule has 0 aliphatic heterocycles. The van der Waals surface area contributed by atoms with Crippen LogP contribution >= 0.6 is 0 Å². The zero-order valence-corrected chi connectivity index (χ0v) is 14.5. The van der Waals surface area contributed by atoms with Gasteiger partial charge in [-0.1, -0.05) is 34.1 Å². The highest BCUT2D eigenvalue weighted by Gasteiger charge is 2.38. The van der Waals surface area contributed by atoms with Crippen molar-refractivity contribution in [2.75, 3.05) is 13.6 Å². The molecule has 0 aromatic heterocycles. The topological polar surface area (TPSA) is 12.0 Å². The van der Waals surface area contributed by atoms with Crippen molar-refractivity contribution in [1.82, 2.24) is 5.32 Å². The molecule has 1 N–H and O–H groups in total. The van der Waals surface area contributed by atoms with E-state index in [1.54, 1.807) is 0 Å². The first-order valence-corrected chi connectivity index (χ1v) is 9.17. The SMILES string of the molecule is CNCC1CCC(C(C)C)CC1C1CCC(C)C(C)C1. The summed E-state index contributed by atoms with van der Waals surface area (Å²) >= 11 is 0. The first-order valence-electron chi connectivity index (χ1n) is 9.17. The van der Waals surface area contributed by atoms with Crippen molar-refractivity contribution in [3.8, 4) is 0 Å². The number of hydrogen-bond acceptors (Lipinski definition) is 1. The van der Waals surface area contributed by atoms with E-state index in [1.165, 1.54) is 45.1 Å². The molecule has 1 heteroatoms. The molecule has 1 nitrogen and oxygen atoms in total. The van der Waals surface area contributed by atoms with Crippen LogP contribution in [0.1, 0.15) is 66.2 Å². The summed E-state index contributed by atoms with van der Waals surface area (Å²) in [5, 5.41) is 3.47. The molecule has 2 saturated carbocycles. The molecule has 2 aliphatic rings. The van der Waals surface area contributed by atoms with Crippen LogP contribution in [-0.2, 0) is 0 Å². The van der Waals surface area contributed by atoms with Gasteiger partial charge in [-0.15, -0.1) is 0 Å². The van der Waals surface area contributed by atoms with Gasteiger partial charge in [-0.3, -0.25) is 0 Å². The molecular weight excluding hydrogens is 242 g/mol. The van der Waals surface area contributed by atoms with Crippen molar-refractivity contribution in [1.29, 1.82) is 0 Å². The second-order valence-electron chi connectivity index (χ2n) is 8.33. The summed E-state index contributed by atoms with van der Waals surface area (Å²) in [6.07, 6.45) is 8.92. The van der Waals surface area contributed by atoms with E-state index < -0.39 is 0 Å². The first kappa shape index (κ1) is 16.3. The van der Waals surface area contributed by atoms with Crippen molar-refractivity contribution in [3.05, 3.63) is 0 Å². The average molecular weight is 280 g/mol. The summed E-state index contributed by atoms with van der Waals surface area (Å²) < 4.78 is 0. The molecule has 2 rings (SSSR count). The fraction of sp³-hybridized carbons (Fsp3) is 1.00. The largest absolute Gasteiger partial charge is 0.319 e. The third-order valence-electron chi connectivity index (χ3n) is 6.74. The van der Waals surface area contributed by atoms with Gasteiger partial charge >= 0.3 is 0 Å². The molecule has 6 unspecified atom stereocenters. The Morgan fingerprint density at radius 2 is 1.70 bits per heavy atom. The Morgan fingerprint density at radius 1 is 0.950 bits per heavy atom. The van der Waals surface area contributed by atoms with Crippen LogP contribution in [0.5, 0.6) is 0 Å². The summed E-state index contributed by atoms with van der Waals surface area (Å²) in [7, 11) is 2.14. The van der Waals surface area contributed by atoms with Crippen LogP contribution in [0.15, 0.2) is 0 Å². The number of nitrogens with one attached hydrogen (secondary N) is 1. The Balaban J connectivity index is 2.02. The maximum Gasteiger partial charge on any atom is -0.00208 e. The number of hydrogen-bond donors (Lipinski definition) is 1. The van der Waals surface area contributed by atoms with Gasteiger partial charge < -0.3 is 5.32 Å². The summed E-state index contributed by atoms with van der Waals surface area (Å²) in [6, 6.07) is 0. The van der Waals surface area contributed by atoms with Gasteiger partial charge in [-0.25, -0.2) is 0 Å². The van der Waals surface area contributed by atoms with Gasteiger partial charge in [0.15, 0.2) is 0 Å². The highest BCUT2D eigenvalue weighted by molar-refractivity contribution is 4.89. The monoisotopic (exact) mass is 279 g/mol. The molecular formula is C19H37N. The molecule has 20 heavy (non-hydrogen) atoms. The van der Waals surface area contributed by atoms with Crippen LogP contribution in [0, 0.1) is 41.4 Å². The minimum Gasteiger partial charge on any atom is -0.319 e. The molecule has 2 fully saturated rings. The number of rotatable bonds is 4. The van der Waals surface area contributed by atoms with Crippen LogP contribution in [0.3, 0.4) is 0 Å². The van der Waals surface area contributed by atoms with E-state index in [9.17, 15) is 0 Å². The van der Waals surface area contributed by atoms with Gasteiger partial charge in [0.1, 0.15) is 0 Å². The Hall–Kier alpha value is -0.0400. The summed E-state index contributed by atoms with van der Waals surface area (Å²) in [5.41, 5.74) is 0. The highest BCUT2D eigenvalue weighted by atomic mass is 14.8. The highest BCUT2D eigenvalue weighted by Crippen LogP contribution is 2.47. The quantitative estimate of drug-likeness (QED) is 0.766. The van der Waals surface area contributed by atoms with Crippen LogP contribution in [-0.4, -0.2) is 13.6 Å². The molecule has 118 valence electrons. The van der Waals surface area contributed by atoms with E-state index in [2.05, 4.69) is 40.1 Å². The first-order chi connectivity index (χ1) is 9.52. The van der Waals surface area contributed by atoms with Crippen LogP contribution in [0.4, 0.5) is 0 Å². The van der Waals surface area contributed by atoms with Gasteiger partial charge in [0.05, 0.1) is 0 Å². The third-order valence-corrected chi connectivity index (χ3v) is 6.74. The summed E-state index contributed by atoms with van der Waals surface area (Å²) in [6.45, 7) is 11.1. The second-order valence-corrected chi connectivity index (χ2v) is 8.33. The van der Waals surface area contributed by atoms with Gasteiger partial charge in [0.2, 0.25) is 0 Å². The van der Waals surface area contributed by atoms with Crippen molar-refractivity contribution in [2.45, 2.75) is 66.2 Å². The molecule has 0 amide bonds. The molecule has 0 saturated heterocycles. The van der Waals surface area contributed by atoms with Crippen molar-refractivity contribution in [2.24, 2.45) is 41.4 Å². The molecule has 2 aliphatic carbocycles. The summed E-state index contributed by atoms with van der Waals surface area (Å²) in [5.74, 6) is 6.73. The van der Waals surface area contributed by atoms with E-state index in [4.69, 9.17) is 0 Å². The minimum absolute atomic E-state index is 0.882. The van der Waals surface area contributed by atoms with Gasteiger partial charge in [0.25, 0.3) is 0 Å². The Kier molecular flexibility index (Phi) is 5.95. The second kappa shape index (κ2) is 7.29. The molecule has 0 aromatic carbocycles. The fourth-order valence-electron chi connectivity index (χ4n) is 4.98. The fourth-order valence-corrected chi connectivity index (χ4v) is 4.98. The van der Waals surface area contributed by atoms with E-state index in [0.717, 1.165) is 41.4 Å². The van der Waals surface area contributed by atoms with Crippen LogP contribution < -0.4 is 5.32 Å². The summed E-state index contributed by atoms with van der Waals surface area (Å²) in [4.78, 5) is 0. The third kappa shape index (κ3) is 3.78. The smallest absolute Gasteiger partial charge is 0.00208 e. The Labute approximate surface area is 127 Å². The molecule has 6 atom stereocenters. The Bertz CT molecular complexity index is 285. The van der Waals surface area contributed by atoms with Crippen LogP contribution in [0.25, 0.3) is 0 Å². The lowest BCUT2D eigenvalue weighted by Gasteiger charge is -2.45. The van der Waals surface area contributed by atoms with Crippen LogP contribution in [0.2, 0.25) is 0 Å². The van der Waals surface area contributed by atoms with E-state index in [-0.39, 0.29) is 0 Å². The van der Waals surface area contributed by atoms with E-state index in [0.29, 0.717) is 0 Å². The van der Waals surface area contributed by atoms with E-state index >= 15 is 0 Å². The lowest BCUT2D eigenvalue weighted by molar-refractivity contribution is 0.0558. The van der Waals surface area contributed by atoms with Gasteiger partial charge in [-0.05, 0) is 87.1 Å². The van der Waals surface area contributed by atoms with Gasteiger partial charge in [-0.2, -0.15) is 0 Å². The molecule has 0 spiro atoms. The maximum atomic E-state index is 3.47. The zero-order chi connectivity index (χ0) is 14.7. The van der Waals surface area contributed by atoms with Crippen molar-refractivity contribution in [3.63, 3.8) is 0 Å². The predicted octanol–water partition coefficient (Wildman–Crippen LogP) is 4.97. The molecule has 0 heterocycles. The van der Waals surface area contributed by atoms with E-state index in [1.807, 2.05) is 0 Å². The maximum absolute atomic E-state index is 3.47. The average Bonchev–Trinajstić information content (AvgIpc) is 2.42. The van der Waals surface area contributed by atoms with Crippen molar-refractivity contribution >= 4 is 0 Å². The normalized spacial score (nSPS) is 42.9. The molecule has 0 radical (unpaired) electrons. The van der Waals surface area contributed by atoms with Crippen molar-refractivity contribution < 1.29 is 0 Å². The molecule has 0 bridgehead atoms. The minimum atomic E-state index is 0.882. The zero-order valence-electron chi connectivity index (χ0n) is 14.5. The lowest BCUT2D eigenvalue weighted by Crippen LogP contribution is -2.39. The van der Waals surface area contributed by atoms with Gasteiger partial charge in [0, 0.05) is 0 Å². The molecule has 0 aromatic rings. The lowest BCUT2D eigenvalue weighted by atomic mass is 9.61. The predicted molar refractivity (Wildman–Crippen MR) is 88.8 cm³/mol. The standard InChI is InChI=1S/C19H37N/c1-13(2)16-8-9-18(12-20-5)19(11-16)17-7-6-14(3)15(4)10-17/h13-20H,6-12H2,1-5H3.